The minimum atomic E-state index is -0.694. The summed E-state index contributed by atoms with van der Waals surface area (Å²) in [5.41, 5.74) is 1.93. The lowest BCUT2D eigenvalue weighted by Crippen LogP contribution is -2.67. The van der Waals surface area contributed by atoms with Gasteiger partial charge in [-0.25, -0.2) is 0 Å². The van der Waals surface area contributed by atoms with E-state index in [9.17, 15) is 4.79 Å². The molecule has 0 spiro atoms. The van der Waals surface area contributed by atoms with Crippen molar-refractivity contribution in [3.63, 3.8) is 0 Å². The van der Waals surface area contributed by atoms with E-state index in [1.54, 1.807) is 7.11 Å². The van der Waals surface area contributed by atoms with Crippen LogP contribution in [0.3, 0.4) is 0 Å². The first kappa shape index (κ1) is 21.0. The highest BCUT2D eigenvalue weighted by Crippen LogP contribution is 2.35. The van der Waals surface area contributed by atoms with E-state index in [4.69, 9.17) is 23.7 Å². The summed E-state index contributed by atoms with van der Waals surface area (Å²) in [5, 5.41) is 2.92. The number of benzene rings is 2. The van der Waals surface area contributed by atoms with Crippen LogP contribution in [-0.4, -0.2) is 50.3 Å². The van der Waals surface area contributed by atoms with Gasteiger partial charge in [-0.15, -0.1) is 0 Å². The highest BCUT2D eigenvalue weighted by atomic mass is 16.7. The topological polar surface area (TPSA) is 75.3 Å². The quantitative estimate of drug-likeness (QED) is 0.785. The van der Waals surface area contributed by atoms with E-state index in [1.807, 2.05) is 60.7 Å². The first-order valence-electron chi connectivity index (χ1n) is 10.1. The second kappa shape index (κ2) is 9.68. The fourth-order valence-corrected chi connectivity index (χ4v) is 3.91. The first-order chi connectivity index (χ1) is 14.7. The molecule has 7 heteroatoms. The Hall–Kier alpha value is -2.29. The Bertz CT molecular complexity index is 817. The Labute approximate surface area is 176 Å². The van der Waals surface area contributed by atoms with Gasteiger partial charge in [0.15, 0.2) is 12.6 Å². The minimum absolute atomic E-state index is 0.191. The van der Waals surface area contributed by atoms with Crippen LogP contribution >= 0.6 is 0 Å². The first-order valence-corrected chi connectivity index (χ1v) is 10.1. The molecule has 2 aliphatic heterocycles. The molecule has 30 heavy (non-hydrogen) atoms. The van der Waals surface area contributed by atoms with Crippen LogP contribution in [0.2, 0.25) is 0 Å². The predicted octanol–water partition coefficient (Wildman–Crippen LogP) is 2.56. The molecule has 1 unspecified atom stereocenters. The fraction of sp³-hybridized carbons (Fsp3) is 0.435. The van der Waals surface area contributed by atoms with E-state index >= 15 is 0 Å². The van der Waals surface area contributed by atoms with E-state index in [1.165, 1.54) is 6.92 Å². The third-order valence-electron chi connectivity index (χ3n) is 5.31. The predicted molar refractivity (Wildman–Crippen MR) is 108 cm³/mol. The molecule has 4 rings (SSSR count). The Kier molecular flexibility index (Phi) is 6.76. The lowest BCUT2D eigenvalue weighted by Gasteiger charge is -2.48. The summed E-state index contributed by atoms with van der Waals surface area (Å²) in [5.74, 6) is -0.191. The number of rotatable bonds is 6. The summed E-state index contributed by atoms with van der Waals surface area (Å²) in [6, 6.07) is 19.0. The zero-order valence-electron chi connectivity index (χ0n) is 17.1. The van der Waals surface area contributed by atoms with E-state index in [2.05, 4.69) is 5.32 Å². The molecule has 2 aromatic rings. The number of nitrogens with one attached hydrogen (secondary N) is 1. The van der Waals surface area contributed by atoms with Crippen LogP contribution in [0.15, 0.2) is 60.7 Å². The maximum Gasteiger partial charge on any atom is 0.217 e. The Balaban J connectivity index is 1.51. The molecule has 2 heterocycles. The minimum Gasteiger partial charge on any atom is -0.376 e. The summed E-state index contributed by atoms with van der Waals surface area (Å²) in [7, 11) is 1.60. The van der Waals surface area contributed by atoms with Crippen molar-refractivity contribution in [2.24, 2.45) is 0 Å². The van der Waals surface area contributed by atoms with E-state index < -0.39 is 30.8 Å². The molecule has 1 amide bonds. The highest BCUT2D eigenvalue weighted by Gasteiger charge is 2.51. The maximum absolute atomic E-state index is 11.9. The fourth-order valence-electron chi connectivity index (χ4n) is 3.91. The van der Waals surface area contributed by atoms with Crippen molar-refractivity contribution in [3.8, 4) is 0 Å². The van der Waals surface area contributed by atoms with Gasteiger partial charge in [0.25, 0.3) is 0 Å². The molecule has 0 aromatic heterocycles. The van der Waals surface area contributed by atoms with Crippen molar-refractivity contribution in [2.75, 3.05) is 13.7 Å². The summed E-state index contributed by atoms with van der Waals surface area (Å²) >= 11 is 0. The second-order valence-corrected chi connectivity index (χ2v) is 7.44. The van der Waals surface area contributed by atoms with E-state index in [0.29, 0.717) is 13.2 Å². The largest absolute Gasteiger partial charge is 0.376 e. The van der Waals surface area contributed by atoms with Crippen LogP contribution in [0.25, 0.3) is 0 Å². The number of carbonyl (C=O) groups excluding carboxylic acids is 1. The molecule has 7 nitrogen and oxygen atoms in total. The van der Waals surface area contributed by atoms with Crippen LogP contribution in [0.5, 0.6) is 0 Å². The molecule has 0 bridgehead atoms. The molecule has 0 radical (unpaired) electrons. The molecule has 2 aromatic carbocycles. The maximum atomic E-state index is 11.9. The van der Waals surface area contributed by atoms with Crippen LogP contribution < -0.4 is 5.32 Å². The van der Waals surface area contributed by atoms with Gasteiger partial charge in [-0.3, -0.25) is 4.79 Å². The third-order valence-corrected chi connectivity index (χ3v) is 5.31. The van der Waals surface area contributed by atoms with Crippen molar-refractivity contribution in [2.45, 2.75) is 50.5 Å². The van der Waals surface area contributed by atoms with Crippen LogP contribution in [0, 0.1) is 0 Å². The zero-order chi connectivity index (χ0) is 20.9. The second-order valence-electron chi connectivity index (χ2n) is 7.44. The molecule has 2 saturated heterocycles. The Morgan fingerprint density at radius 2 is 1.77 bits per heavy atom. The van der Waals surface area contributed by atoms with Crippen molar-refractivity contribution >= 4 is 5.91 Å². The normalized spacial score (nSPS) is 31.0. The van der Waals surface area contributed by atoms with Gasteiger partial charge in [-0.2, -0.15) is 0 Å². The molecule has 2 fully saturated rings. The van der Waals surface area contributed by atoms with Gasteiger partial charge in [-0.1, -0.05) is 60.7 Å². The number of fused-ring (bicyclic) bond motifs is 1. The number of methoxy groups -OCH3 is 1. The van der Waals surface area contributed by atoms with Gasteiger partial charge >= 0.3 is 0 Å². The molecule has 0 saturated carbocycles. The standard InChI is InChI=1S/C23H27NO6/c1-15(25)24-19-21(26-2)20-18(14-28-22(30-20)17-11-7-4-8-12-17)29-23(19)27-13-16-9-5-3-6-10-16/h3-12,18-23H,13-14H2,1-2H3,(H,24,25)/t18-,19-,20-,21-,22?,23+/m1/s1. The van der Waals surface area contributed by atoms with Gasteiger partial charge in [-0.05, 0) is 5.56 Å². The average Bonchev–Trinajstić information content (AvgIpc) is 2.78. The van der Waals surface area contributed by atoms with Gasteiger partial charge in [0.05, 0.1) is 13.2 Å². The molecular formula is C23H27NO6. The molecule has 1 N–H and O–H groups in total. The third kappa shape index (κ3) is 4.71. The van der Waals surface area contributed by atoms with E-state index in [0.717, 1.165) is 11.1 Å². The van der Waals surface area contributed by atoms with Crippen molar-refractivity contribution in [1.82, 2.24) is 5.32 Å². The molecular weight excluding hydrogens is 386 g/mol. The number of hydrogen-bond donors (Lipinski definition) is 1. The number of ether oxygens (including phenoxy) is 5. The summed E-state index contributed by atoms with van der Waals surface area (Å²) in [6.45, 7) is 2.15. The molecule has 2 aliphatic rings. The van der Waals surface area contributed by atoms with Crippen molar-refractivity contribution < 1.29 is 28.5 Å². The van der Waals surface area contributed by atoms with Gasteiger partial charge < -0.3 is 29.0 Å². The zero-order valence-corrected chi connectivity index (χ0v) is 17.1. The lowest BCUT2D eigenvalue weighted by atomic mass is 9.95. The summed E-state index contributed by atoms with van der Waals surface area (Å²) in [6.07, 6.45) is -2.46. The van der Waals surface area contributed by atoms with Crippen LogP contribution in [0.4, 0.5) is 0 Å². The average molecular weight is 413 g/mol. The molecule has 0 aliphatic carbocycles. The highest BCUT2D eigenvalue weighted by molar-refractivity contribution is 5.73. The monoisotopic (exact) mass is 413 g/mol. The van der Waals surface area contributed by atoms with Gasteiger partial charge in [0.2, 0.25) is 5.91 Å². The van der Waals surface area contributed by atoms with Crippen LogP contribution in [-0.2, 0) is 35.1 Å². The SMILES string of the molecule is CO[C@@H]1[C@@H](NC(C)=O)[C@@H](OCc2ccccc2)O[C@@H]2COC(c3ccccc3)O[C@@H]12. The number of carbonyl (C=O) groups is 1. The van der Waals surface area contributed by atoms with E-state index in [-0.39, 0.29) is 12.0 Å². The van der Waals surface area contributed by atoms with Crippen molar-refractivity contribution in [1.29, 1.82) is 0 Å². The summed E-state index contributed by atoms with van der Waals surface area (Å²) < 4.78 is 30.1. The van der Waals surface area contributed by atoms with Gasteiger partial charge in [0, 0.05) is 19.6 Å². The number of hydrogen-bond acceptors (Lipinski definition) is 6. The lowest BCUT2D eigenvalue weighted by molar-refractivity contribution is -0.347. The van der Waals surface area contributed by atoms with Gasteiger partial charge in [0.1, 0.15) is 24.4 Å². The Morgan fingerprint density at radius 3 is 2.43 bits per heavy atom. The smallest absolute Gasteiger partial charge is 0.217 e. The number of amides is 1. The molecule has 160 valence electrons. The molecule has 6 atom stereocenters. The van der Waals surface area contributed by atoms with Crippen molar-refractivity contribution in [3.05, 3.63) is 71.8 Å². The summed E-state index contributed by atoms with van der Waals surface area (Å²) in [4.78, 5) is 11.9. The Morgan fingerprint density at radius 1 is 1.07 bits per heavy atom. The van der Waals surface area contributed by atoms with Crippen LogP contribution in [0.1, 0.15) is 24.3 Å².